The molecule has 2 aromatic heterocycles. The van der Waals surface area contributed by atoms with E-state index in [0.29, 0.717) is 43.1 Å². The minimum absolute atomic E-state index is 0.0145. The lowest BCUT2D eigenvalue weighted by molar-refractivity contribution is -0.130. The van der Waals surface area contributed by atoms with Crippen molar-refractivity contribution in [1.82, 2.24) is 19.7 Å². The first-order valence-electron chi connectivity index (χ1n) is 9.81. The average Bonchev–Trinajstić information content (AvgIpc) is 3.45. The fourth-order valence-corrected chi connectivity index (χ4v) is 3.84. The van der Waals surface area contributed by atoms with Crippen LogP contribution in [0.3, 0.4) is 0 Å². The molecule has 0 atom stereocenters. The Bertz CT molecular complexity index is 1100. The van der Waals surface area contributed by atoms with Gasteiger partial charge in [0.2, 0.25) is 5.91 Å². The van der Waals surface area contributed by atoms with Crippen LogP contribution in [0.25, 0.3) is 11.0 Å². The second kappa shape index (κ2) is 6.58. The van der Waals surface area contributed by atoms with Crippen molar-refractivity contribution in [3.05, 3.63) is 57.5 Å². The maximum atomic E-state index is 12.9. The van der Waals surface area contributed by atoms with E-state index in [1.807, 2.05) is 34.7 Å². The Morgan fingerprint density at radius 3 is 2.89 bits per heavy atom. The number of aryl methyl sites for hydroxylation is 1. The summed E-state index contributed by atoms with van der Waals surface area (Å²) in [6, 6.07) is 7.14. The Hall–Kier alpha value is -2.96. The van der Waals surface area contributed by atoms with Crippen molar-refractivity contribution in [2.24, 2.45) is 0 Å². The number of hydrogen-bond donors (Lipinski definition) is 0. The van der Waals surface area contributed by atoms with Gasteiger partial charge in [0.1, 0.15) is 11.4 Å². The summed E-state index contributed by atoms with van der Waals surface area (Å²) >= 11 is 0. The SMILES string of the molecule is Cc1ccc2c(CC(=O)N3CCc4nc(C5CC5)nn4CC3)cc(=O)oc2c1. The quantitative estimate of drug-likeness (QED) is 0.653. The van der Waals surface area contributed by atoms with Crippen LogP contribution in [0.2, 0.25) is 0 Å². The highest BCUT2D eigenvalue weighted by molar-refractivity contribution is 5.87. The predicted molar refractivity (Wildman–Crippen MR) is 103 cm³/mol. The molecule has 0 spiro atoms. The molecule has 0 saturated heterocycles. The molecule has 3 aromatic rings. The number of benzene rings is 1. The van der Waals surface area contributed by atoms with Crippen LogP contribution in [0.15, 0.2) is 33.5 Å². The molecule has 0 unspecified atom stereocenters. The molecule has 3 heterocycles. The second-order valence-electron chi connectivity index (χ2n) is 7.78. The first-order valence-corrected chi connectivity index (χ1v) is 9.81. The van der Waals surface area contributed by atoms with E-state index < -0.39 is 5.63 Å². The first-order chi connectivity index (χ1) is 13.6. The van der Waals surface area contributed by atoms with Gasteiger partial charge in [0.25, 0.3) is 0 Å². The van der Waals surface area contributed by atoms with Crippen molar-refractivity contribution >= 4 is 16.9 Å². The van der Waals surface area contributed by atoms with Gasteiger partial charge in [0.15, 0.2) is 5.82 Å². The summed E-state index contributed by atoms with van der Waals surface area (Å²) in [6.45, 7) is 3.84. The molecular formula is C21H22N4O3. The molecule has 7 nitrogen and oxygen atoms in total. The van der Waals surface area contributed by atoms with E-state index in [1.54, 1.807) is 0 Å². The molecule has 28 heavy (non-hydrogen) atoms. The van der Waals surface area contributed by atoms with E-state index in [0.717, 1.165) is 22.6 Å². The monoisotopic (exact) mass is 378 g/mol. The largest absolute Gasteiger partial charge is 0.423 e. The molecule has 1 fully saturated rings. The summed E-state index contributed by atoms with van der Waals surface area (Å²) in [5.74, 6) is 2.49. The van der Waals surface area contributed by atoms with Gasteiger partial charge in [0, 0.05) is 36.9 Å². The minimum atomic E-state index is -0.422. The molecule has 1 saturated carbocycles. The Morgan fingerprint density at radius 2 is 2.07 bits per heavy atom. The maximum Gasteiger partial charge on any atom is 0.336 e. The molecule has 1 aliphatic carbocycles. The van der Waals surface area contributed by atoms with Crippen molar-refractivity contribution in [3.63, 3.8) is 0 Å². The Morgan fingerprint density at radius 1 is 1.21 bits per heavy atom. The second-order valence-corrected chi connectivity index (χ2v) is 7.78. The maximum absolute atomic E-state index is 12.9. The molecule has 0 radical (unpaired) electrons. The van der Waals surface area contributed by atoms with Crippen molar-refractivity contribution in [3.8, 4) is 0 Å². The fourth-order valence-electron chi connectivity index (χ4n) is 3.84. The smallest absolute Gasteiger partial charge is 0.336 e. The van der Waals surface area contributed by atoms with Crippen LogP contribution in [-0.4, -0.2) is 38.7 Å². The van der Waals surface area contributed by atoms with Gasteiger partial charge < -0.3 is 9.32 Å². The molecule has 144 valence electrons. The first kappa shape index (κ1) is 17.2. The van der Waals surface area contributed by atoms with E-state index in [-0.39, 0.29) is 12.3 Å². The lowest BCUT2D eigenvalue weighted by atomic mass is 10.0. The van der Waals surface area contributed by atoms with Crippen LogP contribution in [0.4, 0.5) is 0 Å². The molecule has 1 aliphatic heterocycles. The Kier molecular flexibility index (Phi) is 4.03. The molecule has 5 rings (SSSR count). The standard InChI is InChI=1S/C21H22N4O3/c1-13-2-5-16-15(12-20(27)28-17(16)10-13)11-19(26)24-7-6-18-22-21(14-3-4-14)23-25(18)9-8-24/h2,5,10,12,14H,3-4,6-9,11H2,1H3. The normalized spacial score (nSPS) is 16.8. The summed E-state index contributed by atoms with van der Waals surface area (Å²) < 4.78 is 7.25. The van der Waals surface area contributed by atoms with Crippen molar-refractivity contribution in [1.29, 1.82) is 0 Å². The van der Waals surface area contributed by atoms with E-state index >= 15 is 0 Å². The topological polar surface area (TPSA) is 81.2 Å². The van der Waals surface area contributed by atoms with Gasteiger partial charge >= 0.3 is 5.63 Å². The molecule has 7 heteroatoms. The van der Waals surface area contributed by atoms with Crippen LogP contribution in [0, 0.1) is 6.92 Å². The predicted octanol–water partition coefficient (Wildman–Crippen LogP) is 2.20. The highest BCUT2D eigenvalue weighted by atomic mass is 16.4. The van der Waals surface area contributed by atoms with Gasteiger partial charge in [-0.1, -0.05) is 12.1 Å². The van der Waals surface area contributed by atoms with Crippen molar-refractivity contribution < 1.29 is 9.21 Å². The number of hydrogen-bond acceptors (Lipinski definition) is 5. The summed E-state index contributed by atoms with van der Waals surface area (Å²) in [6.07, 6.45) is 3.27. The number of carbonyl (C=O) groups is 1. The van der Waals surface area contributed by atoms with E-state index in [4.69, 9.17) is 4.42 Å². The van der Waals surface area contributed by atoms with Gasteiger partial charge in [0.05, 0.1) is 13.0 Å². The van der Waals surface area contributed by atoms with E-state index in [2.05, 4.69) is 10.1 Å². The van der Waals surface area contributed by atoms with Gasteiger partial charge in [-0.05, 0) is 37.0 Å². The summed E-state index contributed by atoms with van der Waals surface area (Å²) in [5, 5.41) is 5.44. The third-order valence-corrected chi connectivity index (χ3v) is 5.57. The summed E-state index contributed by atoms with van der Waals surface area (Å²) in [4.78, 5) is 31.4. The lowest BCUT2D eigenvalue weighted by Gasteiger charge is -2.20. The third-order valence-electron chi connectivity index (χ3n) is 5.57. The lowest BCUT2D eigenvalue weighted by Crippen LogP contribution is -2.35. The molecule has 1 amide bonds. The minimum Gasteiger partial charge on any atom is -0.423 e. The van der Waals surface area contributed by atoms with Crippen molar-refractivity contribution in [2.75, 3.05) is 13.1 Å². The highest BCUT2D eigenvalue weighted by Gasteiger charge is 2.30. The number of nitrogens with zero attached hydrogens (tertiary/aromatic N) is 4. The third kappa shape index (κ3) is 3.21. The van der Waals surface area contributed by atoms with Gasteiger partial charge in [-0.25, -0.2) is 14.5 Å². The number of amides is 1. The number of rotatable bonds is 3. The van der Waals surface area contributed by atoms with Crippen LogP contribution in [0.5, 0.6) is 0 Å². The van der Waals surface area contributed by atoms with Crippen LogP contribution >= 0.6 is 0 Å². The molecule has 0 bridgehead atoms. The summed E-state index contributed by atoms with van der Waals surface area (Å²) in [5.41, 5.74) is 1.84. The van der Waals surface area contributed by atoms with Gasteiger partial charge in [-0.3, -0.25) is 4.79 Å². The van der Waals surface area contributed by atoms with E-state index in [1.165, 1.54) is 18.9 Å². The number of aromatic nitrogens is 3. The average molecular weight is 378 g/mol. The zero-order valence-electron chi connectivity index (χ0n) is 15.9. The Labute approximate surface area is 162 Å². The van der Waals surface area contributed by atoms with Crippen LogP contribution in [0.1, 0.15) is 41.5 Å². The van der Waals surface area contributed by atoms with E-state index in [9.17, 15) is 9.59 Å². The van der Waals surface area contributed by atoms with Gasteiger partial charge in [-0.2, -0.15) is 5.10 Å². The zero-order valence-corrected chi connectivity index (χ0v) is 15.9. The molecular weight excluding hydrogens is 356 g/mol. The molecule has 1 aromatic carbocycles. The van der Waals surface area contributed by atoms with Crippen molar-refractivity contribution in [2.45, 2.75) is 45.1 Å². The number of carbonyl (C=O) groups excluding carboxylic acids is 1. The van der Waals surface area contributed by atoms with Crippen LogP contribution in [-0.2, 0) is 24.2 Å². The molecule has 0 N–H and O–H groups in total. The van der Waals surface area contributed by atoms with Crippen LogP contribution < -0.4 is 5.63 Å². The summed E-state index contributed by atoms with van der Waals surface area (Å²) in [7, 11) is 0. The Balaban J connectivity index is 1.34. The molecule has 2 aliphatic rings. The highest BCUT2D eigenvalue weighted by Crippen LogP contribution is 2.38. The fraction of sp³-hybridized carbons (Fsp3) is 0.429. The number of fused-ring (bicyclic) bond motifs is 2. The zero-order chi connectivity index (χ0) is 19.3. The van der Waals surface area contributed by atoms with Gasteiger partial charge in [-0.15, -0.1) is 0 Å².